The number of ether oxygens (including phenoxy) is 1. The summed E-state index contributed by atoms with van der Waals surface area (Å²) in [6.07, 6.45) is 4.32. The lowest BCUT2D eigenvalue weighted by atomic mass is 10.2. The van der Waals surface area contributed by atoms with Crippen molar-refractivity contribution in [2.24, 2.45) is 5.73 Å². The molecule has 0 saturated carbocycles. The van der Waals surface area contributed by atoms with Crippen molar-refractivity contribution in [3.8, 4) is 5.75 Å². The Morgan fingerprint density at radius 1 is 1.16 bits per heavy atom. The summed E-state index contributed by atoms with van der Waals surface area (Å²) < 4.78 is 5.40. The third-order valence-corrected chi connectivity index (χ3v) is 2.76. The van der Waals surface area contributed by atoms with Crippen LogP contribution in [-0.2, 0) is 0 Å². The Morgan fingerprint density at radius 3 is 2.58 bits per heavy atom. The van der Waals surface area contributed by atoms with E-state index in [9.17, 15) is 0 Å². The standard InChI is InChI=1S/C14H18N4O/c1-19-13-7-3-2-6-12(13)18(11-4-8-15)14-16-9-5-10-17-14/h2-3,5-7,9-10H,4,8,11,15H2,1H3. The highest BCUT2D eigenvalue weighted by Gasteiger charge is 2.15. The molecule has 2 rings (SSSR count). The normalized spacial score (nSPS) is 10.2. The van der Waals surface area contributed by atoms with Gasteiger partial charge in [0.1, 0.15) is 5.75 Å². The van der Waals surface area contributed by atoms with E-state index in [4.69, 9.17) is 10.5 Å². The lowest BCUT2D eigenvalue weighted by Crippen LogP contribution is -2.23. The highest BCUT2D eigenvalue weighted by molar-refractivity contribution is 5.65. The fourth-order valence-corrected chi connectivity index (χ4v) is 1.86. The molecule has 0 radical (unpaired) electrons. The quantitative estimate of drug-likeness (QED) is 0.858. The number of rotatable bonds is 6. The number of hydrogen-bond acceptors (Lipinski definition) is 5. The van der Waals surface area contributed by atoms with Crippen LogP contribution in [0.15, 0.2) is 42.7 Å². The second-order valence-corrected chi connectivity index (χ2v) is 4.01. The molecule has 0 aliphatic heterocycles. The molecule has 2 N–H and O–H groups in total. The number of hydrogen-bond donors (Lipinski definition) is 1. The Labute approximate surface area is 113 Å². The molecule has 0 aliphatic carbocycles. The molecule has 0 fully saturated rings. The van der Waals surface area contributed by atoms with Gasteiger partial charge >= 0.3 is 0 Å². The molecular weight excluding hydrogens is 240 g/mol. The number of benzene rings is 1. The minimum atomic E-state index is 0.623. The van der Waals surface area contributed by atoms with Gasteiger partial charge in [-0.15, -0.1) is 0 Å². The molecule has 0 amide bonds. The minimum absolute atomic E-state index is 0.623. The van der Waals surface area contributed by atoms with Crippen molar-refractivity contribution in [3.05, 3.63) is 42.7 Å². The molecule has 1 aromatic carbocycles. The van der Waals surface area contributed by atoms with E-state index in [-0.39, 0.29) is 0 Å². The van der Waals surface area contributed by atoms with Gasteiger partial charge in [-0.1, -0.05) is 12.1 Å². The summed E-state index contributed by atoms with van der Waals surface area (Å²) in [5, 5.41) is 0. The van der Waals surface area contributed by atoms with Gasteiger partial charge in [-0.25, -0.2) is 9.97 Å². The maximum atomic E-state index is 5.60. The molecule has 1 aromatic heterocycles. The van der Waals surface area contributed by atoms with Crippen molar-refractivity contribution < 1.29 is 4.74 Å². The summed E-state index contributed by atoms with van der Waals surface area (Å²) in [4.78, 5) is 10.6. The first kappa shape index (κ1) is 13.3. The highest BCUT2D eigenvalue weighted by atomic mass is 16.5. The van der Waals surface area contributed by atoms with Crippen molar-refractivity contribution in [2.45, 2.75) is 6.42 Å². The Morgan fingerprint density at radius 2 is 1.89 bits per heavy atom. The zero-order chi connectivity index (χ0) is 13.5. The van der Waals surface area contributed by atoms with Crippen molar-refractivity contribution >= 4 is 11.6 Å². The van der Waals surface area contributed by atoms with Crippen LogP contribution in [0.1, 0.15) is 6.42 Å². The zero-order valence-electron chi connectivity index (χ0n) is 11.0. The van der Waals surface area contributed by atoms with Crippen molar-refractivity contribution in [2.75, 3.05) is 25.1 Å². The first-order valence-corrected chi connectivity index (χ1v) is 6.24. The second-order valence-electron chi connectivity index (χ2n) is 4.01. The largest absolute Gasteiger partial charge is 0.495 e. The van der Waals surface area contributed by atoms with Gasteiger partial charge in [0.2, 0.25) is 5.95 Å². The summed E-state index contributed by atoms with van der Waals surface area (Å²) in [7, 11) is 1.66. The van der Waals surface area contributed by atoms with Gasteiger partial charge in [0, 0.05) is 18.9 Å². The Bertz CT molecular complexity index is 504. The van der Waals surface area contributed by atoms with E-state index in [2.05, 4.69) is 9.97 Å². The second kappa shape index (κ2) is 6.70. The monoisotopic (exact) mass is 258 g/mol. The third-order valence-electron chi connectivity index (χ3n) is 2.76. The van der Waals surface area contributed by atoms with Crippen LogP contribution >= 0.6 is 0 Å². The molecule has 5 heteroatoms. The van der Waals surface area contributed by atoms with Crippen LogP contribution in [0.3, 0.4) is 0 Å². The summed E-state index contributed by atoms with van der Waals surface area (Å²) in [5.41, 5.74) is 6.55. The number of nitrogens with two attached hydrogens (primary N) is 1. The Hall–Kier alpha value is -2.14. The molecule has 0 saturated heterocycles. The molecule has 0 atom stereocenters. The number of nitrogens with zero attached hydrogens (tertiary/aromatic N) is 3. The summed E-state index contributed by atoms with van der Waals surface area (Å²) in [6, 6.07) is 9.62. The predicted molar refractivity (Wildman–Crippen MR) is 75.7 cm³/mol. The van der Waals surface area contributed by atoms with E-state index in [0.29, 0.717) is 12.5 Å². The van der Waals surface area contributed by atoms with E-state index in [1.165, 1.54) is 0 Å². The van der Waals surface area contributed by atoms with Gasteiger partial charge in [0.15, 0.2) is 0 Å². The van der Waals surface area contributed by atoms with Crippen LogP contribution in [0, 0.1) is 0 Å². The Balaban J connectivity index is 2.37. The van der Waals surface area contributed by atoms with E-state index in [0.717, 1.165) is 24.4 Å². The minimum Gasteiger partial charge on any atom is -0.495 e. The lowest BCUT2D eigenvalue weighted by Gasteiger charge is -2.24. The molecule has 0 aliphatic rings. The van der Waals surface area contributed by atoms with E-state index in [1.54, 1.807) is 25.6 Å². The molecule has 19 heavy (non-hydrogen) atoms. The van der Waals surface area contributed by atoms with Crippen LogP contribution in [0.4, 0.5) is 11.6 Å². The van der Waals surface area contributed by atoms with Crippen LogP contribution in [-0.4, -0.2) is 30.2 Å². The first-order chi connectivity index (χ1) is 9.36. The van der Waals surface area contributed by atoms with Crippen LogP contribution in [0.2, 0.25) is 0 Å². The smallest absolute Gasteiger partial charge is 0.229 e. The maximum Gasteiger partial charge on any atom is 0.229 e. The molecule has 100 valence electrons. The van der Waals surface area contributed by atoms with Gasteiger partial charge in [-0.3, -0.25) is 0 Å². The average molecular weight is 258 g/mol. The molecule has 2 aromatic rings. The van der Waals surface area contributed by atoms with Crippen LogP contribution in [0.25, 0.3) is 0 Å². The topological polar surface area (TPSA) is 64.3 Å². The van der Waals surface area contributed by atoms with E-state index in [1.807, 2.05) is 29.2 Å². The van der Waals surface area contributed by atoms with Gasteiger partial charge in [-0.2, -0.15) is 0 Å². The van der Waals surface area contributed by atoms with Crippen LogP contribution in [0.5, 0.6) is 5.75 Å². The molecule has 0 bridgehead atoms. The van der Waals surface area contributed by atoms with Crippen molar-refractivity contribution in [1.29, 1.82) is 0 Å². The molecule has 0 spiro atoms. The molecular formula is C14H18N4O. The van der Waals surface area contributed by atoms with Gasteiger partial charge < -0.3 is 15.4 Å². The lowest BCUT2D eigenvalue weighted by molar-refractivity contribution is 0.415. The van der Waals surface area contributed by atoms with Gasteiger partial charge in [0.25, 0.3) is 0 Å². The third kappa shape index (κ3) is 3.20. The van der Waals surface area contributed by atoms with Gasteiger partial charge in [-0.05, 0) is 31.2 Å². The van der Waals surface area contributed by atoms with E-state index < -0.39 is 0 Å². The van der Waals surface area contributed by atoms with Crippen molar-refractivity contribution in [3.63, 3.8) is 0 Å². The summed E-state index contributed by atoms with van der Waals surface area (Å²) >= 11 is 0. The zero-order valence-corrected chi connectivity index (χ0v) is 11.0. The fraction of sp³-hybridized carbons (Fsp3) is 0.286. The molecule has 1 heterocycles. The fourth-order valence-electron chi connectivity index (χ4n) is 1.86. The number of anilines is 2. The maximum absolute atomic E-state index is 5.60. The van der Waals surface area contributed by atoms with Crippen molar-refractivity contribution in [1.82, 2.24) is 9.97 Å². The van der Waals surface area contributed by atoms with Gasteiger partial charge in [0.05, 0.1) is 12.8 Å². The summed E-state index contributed by atoms with van der Waals surface area (Å²) in [6.45, 7) is 1.37. The van der Waals surface area contributed by atoms with E-state index >= 15 is 0 Å². The molecule has 5 nitrogen and oxygen atoms in total. The average Bonchev–Trinajstić information content (AvgIpc) is 2.49. The number of para-hydroxylation sites is 2. The highest BCUT2D eigenvalue weighted by Crippen LogP contribution is 2.31. The van der Waals surface area contributed by atoms with Crippen LogP contribution < -0.4 is 15.4 Å². The molecule has 0 unspecified atom stereocenters. The SMILES string of the molecule is COc1ccccc1N(CCCN)c1ncccn1. The Kier molecular flexibility index (Phi) is 4.69. The predicted octanol–water partition coefficient (Wildman–Crippen LogP) is 1.97. The summed E-state index contributed by atoms with van der Waals surface area (Å²) in [5.74, 6) is 1.45. The number of methoxy groups -OCH3 is 1. The first-order valence-electron chi connectivity index (χ1n) is 6.24. The number of aromatic nitrogens is 2.